The summed E-state index contributed by atoms with van der Waals surface area (Å²) in [6.07, 6.45) is 12.0. The fourth-order valence-electron chi connectivity index (χ4n) is 3.45. The summed E-state index contributed by atoms with van der Waals surface area (Å²) < 4.78 is 1.99. The average Bonchev–Trinajstić information content (AvgIpc) is 3.23. The van der Waals surface area contributed by atoms with E-state index >= 15 is 0 Å². The van der Waals surface area contributed by atoms with Crippen LogP contribution in [0.1, 0.15) is 31.7 Å². The van der Waals surface area contributed by atoms with Gasteiger partial charge in [0.2, 0.25) is 0 Å². The third kappa shape index (κ3) is 2.08. The first-order valence-corrected chi connectivity index (χ1v) is 7.73. The quantitative estimate of drug-likeness (QED) is 0.783. The van der Waals surface area contributed by atoms with E-state index in [-0.39, 0.29) is 12.0 Å². The topological polar surface area (TPSA) is 70.3 Å². The predicted octanol–water partition coefficient (Wildman–Crippen LogP) is 3.68. The molecule has 22 heavy (non-hydrogen) atoms. The Morgan fingerprint density at radius 3 is 3.09 bits per heavy atom. The first-order valence-electron chi connectivity index (χ1n) is 7.73. The Balaban J connectivity index is 1.72. The predicted molar refractivity (Wildman–Crippen MR) is 83.9 cm³/mol. The molecule has 110 valence electrons. The van der Waals surface area contributed by atoms with Gasteiger partial charge in [0.25, 0.3) is 0 Å². The minimum atomic E-state index is 0.0752. The average molecular weight is 291 g/mol. The Morgan fingerprint density at radius 1 is 1.27 bits per heavy atom. The number of nitriles is 1. The maximum atomic E-state index is 9.36. The second-order valence-corrected chi connectivity index (χ2v) is 5.89. The molecule has 0 aromatic carbocycles. The molecular weight excluding hydrogens is 274 g/mol. The van der Waals surface area contributed by atoms with E-state index in [9.17, 15) is 5.26 Å². The molecule has 2 unspecified atom stereocenters. The molecule has 0 saturated heterocycles. The van der Waals surface area contributed by atoms with Crippen molar-refractivity contribution in [3.63, 3.8) is 0 Å². The lowest BCUT2D eigenvalue weighted by atomic mass is 9.85. The van der Waals surface area contributed by atoms with E-state index in [0.29, 0.717) is 0 Å². The number of pyridine rings is 1. The van der Waals surface area contributed by atoms with Gasteiger partial charge in [-0.3, -0.25) is 4.68 Å². The highest BCUT2D eigenvalue weighted by atomic mass is 15.3. The first-order chi connectivity index (χ1) is 10.9. The van der Waals surface area contributed by atoms with Crippen LogP contribution in [0.3, 0.4) is 0 Å². The molecule has 0 bridgehead atoms. The van der Waals surface area contributed by atoms with Crippen LogP contribution < -0.4 is 0 Å². The molecule has 0 radical (unpaired) electrons. The number of H-pyrrole nitrogens is 1. The van der Waals surface area contributed by atoms with Gasteiger partial charge in [-0.25, -0.2) is 4.98 Å². The number of nitrogens with zero attached hydrogens (tertiary/aromatic N) is 4. The van der Waals surface area contributed by atoms with Gasteiger partial charge < -0.3 is 4.98 Å². The molecule has 0 amide bonds. The van der Waals surface area contributed by atoms with E-state index in [1.807, 2.05) is 35.4 Å². The summed E-state index contributed by atoms with van der Waals surface area (Å²) in [6, 6.07) is 6.71. The van der Waals surface area contributed by atoms with Crippen molar-refractivity contribution >= 4 is 11.0 Å². The van der Waals surface area contributed by atoms with Crippen molar-refractivity contribution in [1.29, 1.82) is 5.26 Å². The zero-order chi connectivity index (χ0) is 14.9. The molecule has 1 saturated carbocycles. The molecule has 1 aliphatic carbocycles. The summed E-state index contributed by atoms with van der Waals surface area (Å²) in [5.74, 6) is 0.0752. The molecular formula is C17H17N5. The number of aromatic amines is 1. The molecule has 1 N–H and O–H groups in total. The summed E-state index contributed by atoms with van der Waals surface area (Å²) in [7, 11) is 0. The van der Waals surface area contributed by atoms with Crippen LogP contribution in [0.15, 0.2) is 36.9 Å². The largest absolute Gasteiger partial charge is 0.346 e. The third-order valence-electron chi connectivity index (χ3n) is 4.61. The smallest absolute Gasteiger partial charge is 0.137 e. The number of rotatable bonds is 2. The van der Waals surface area contributed by atoms with Crippen molar-refractivity contribution in [2.45, 2.75) is 31.7 Å². The zero-order valence-corrected chi connectivity index (χ0v) is 12.2. The van der Waals surface area contributed by atoms with Crippen LogP contribution >= 0.6 is 0 Å². The minimum Gasteiger partial charge on any atom is -0.346 e. The molecule has 0 spiro atoms. The molecule has 3 aromatic heterocycles. The van der Waals surface area contributed by atoms with Crippen molar-refractivity contribution in [3.05, 3.63) is 36.9 Å². The summed E-state index contributed by atoms with van der Waals surface area (Å²) in [4.78, 5) is 7.46. The van der Waals surface area contributed by atoms with Gasteiger partial charge in [-0.2, -0.15) is 10.4 Å². The molecule has 2 atom stereocenters. The number of hydrogen-bond donors (Lipinski definition) is 1. The van der Waals surface area contributed by atoms with Gasteiger partial charge in [0, 0.05) is 29.5 Å². The van der Waals surface area contributed by atoms with Crippen LogP contribution in [0.4, 0.5) is 0 Å². The number of hydrogen-bond acceptors (Lipinski definition) is 3. The number of nitrogens with one attached hydrogen (secondary N) is 1. The molecule has 1 aliphatic rings. The summed E-state index contributed by atoms with van der Waals surface area (Å²) in [6.45, 7) is 0. The SMILES string of the molecule is N#CC1CCCCC1n1cc(-c2ccnc3[nH]ccc23)cn1. The lowest BCUT2D eigenvalue weighted by molar-refractivity contribution is 0.270. The number of aromatic nitrogens is 4. The molecule has 3 heterocycles. The van der Waals surface area contributed by atoms with Gasteiger partial charge in [-0.05, 0) is 30.5 Å². The van der Waals surface area contributed by atoms with Gasteiger partial charge in [-0.1, -0.05) is 12.8 Å². The van der Waals surface area contributed by atoms with Crippen LogP contribution in [0, 0.1) is 17.2 Å². The highest BCUT2D eigenvalue weighted by Gasteiger charge is 2.27. The van der Waals surface area contributed by atoms with Crippen LogP contribution in [0.2, 0.25) is 0 Å². The fourth-order valence-corrected chi connectivity index (χ4v) is 3.45. The van der Waals surface area contributed by atoms with E-state index in [1.54, 1.807) is 0 Å². The maximum absolute atomic E-state index is 9.36. The summed E-state index contributed by atoms with van der Waals surface area (Å²) in [5, 5.41) is 15.0. The van der Waals surface area contributed by atoms with Crippen molar-refractivity contribution < 1.29 is 0 Å². The van der Waals surface area contributed by atoms with Gasteiger partial charge in [0.05, 0.1) is 24.2 Å². The van der Waals surface area contributed by atoms with Crippen molar-refractivity contribution in [2.75, 3.05) is 0 Å². The van der Waals surface area contributed by atoms with Crippen LogP contribution in [-0.4, -0.2) is 19.7 Å². The standard InChI is InChI=1S/C17H17N5/c18-9-12-3-1-2-4-16(12)22-11-13(10-21-22)14-5-7-19-17-15(14)6-8-20-17/h5-8,10-12,16H,1-4H2,(H,19,20). The van der Waals surface area contributed by atoms with Crippen molar-refractivity contribution in [3.8, 4) is 17.2 Å². The Labute approximate surface area is 128 Å². The molecule has 1 fully saturated rings. The van der Waals surface area contributed by atoms with Gasteiger partial charge in [-0.15, -0.1) is 0 Å². The van der Waals surface area contributed by atoms with E-state index < -0.39 is 0 Å². The first kappa shape index (κ1) is 13.1. The Kier molecular flexibility index (Phi) is 3.15. The van der Waals surface area contributed by atoms with Gasteiger partial charge in [0.1, 0.15) is 5.65 Å². The zero-order valence-electron chi connectivity index (χ0n) is 12.2. The molecule has 3 aromatic rings. The van der Waals surface area contributed by atoms with Crippen molar-refractivity contribution in [2.24, 2.45) is 5.92 Å². The fraction of sp³-hybridized carbons (Fsp3) is 0.353. The third-order valence-corrected chi connectivity index (χ3v) is 4.61. The second kappa shape index (κ2) is 5.30. The second-order valence-electron chi connectivity index (χ2n) is 5.89. The van der Waals surface area contributed by atoms with Crippen LogP contribution in [-0.2, 0) is 0 Å². The summed E-state index contributed by atoms with van der Waals surface area (Å²) >= 11 is 0. The molecule has 5 nitrogen and oxygen atoms in total. The van der Waals surface area contributed by atoms with Crippen LogP contribution in [0.5, 0.6) is 0 Å². The minimum absolute atomic E-state index is 0.0752. The van der Waals surface area contributed by atoms with Crippen molar-refractivity contribution in [1.82, 2.24) is 19.7 Å². The highest BCUT2D eigenvalue weighted by Crippen LogP contribution is 2.34. The maximum Gasteiger partial charge on any atom is 0.137 e. The van der Waals surface area contributed by atoms with E-state index in [2.05, 4.69) is 27.3 Å². The van der Waals surface area contributed by atoms with Gasteiger partial charge >= 0.3 is 0 Å². The van der Waals surface area contributed by atoms with Crippen LogP contribution in [0.25, 0.3) is 22.2 Å². The molecule has 4 rings (SSSR count). The monoisotopic (exact) mass is 291 g/mol. The van der Waals surface area contributed by atoms with E-state index in [0.717, 1.165) is 41.4 Å². The highest BCUT2D eigenvalue weighted by molar-refractivity contribution is 5.92. The lowest BCUT2D eigenvalue weighted by Gasteiger charge is -2.26. The molecule has 5 heteroatoms. The molecule has 0 aliphatic heterocycles. The number of fused-ring (bicyclic) bond motifs is 1. The summed E-state index contributed by atoms with van der Waals surface area (Å²) in [5.41, 5.74) is 3.09. The lowest BCUT2D eigenvalue weighted by Crippen LogP contribution is -2.22. The van der Waals surface area contributed by atoms with Gasteiger partial charge in [0.15, 0.2) is 0 Å². The Morgan fingerprint density at radius 2 is 2.18 bits per heavy atom. The Hall–Kier alpha value is -2.61. The Bertz CT molecular complexity index is 838. The van der Waals surface area contributed by atoms with E-state index in [1.165, 1.54) is 6.42 Å². The van der Waals surface area contributed by atoms with E-state index in [4.69, 9.17) is 0 Å². The normalized spacial score (nSPS) is 21.8.